The van der Waals surface area contributed by atoms with Crippen molar-refractivity contribution in [2.45, 2.75) is 19.4 Å². The first-order chi connectivity index (χ1) is 18.6. The Bertz CT molecular complexity index is 1610. The fraction of sp³-hybridized carbons (Fsp3) is 0.118. The fourth-order valence-corrected chi connectivity index (χ4v) is 5.44. The van der Waals surface area contributed by atoms with E-state index < -0.39 is 5.54 Å². The van der Waals surface area contributed by atoms with Crippen LogP contribution in [0.5, 0.6) is 5.75 Å². The smallest absolute Gasteiger partial charge is 0.139 e. The van der Waals surface area contributed by atoms with Crippen LogP contribution in [0.3, 0.4) is 0 Å². The number of ether oxygens (including phenoxy) is 1. The minimum Gasteiger partial charge on any atom is -0.495 e. The Hall–Kier alpha value is -4.70. The molecule has 0 amide bonds. The first-order valence-corrected chi connectivity index (χ1v) is 12.8. The van der Waals surface area contributed by atoms with Gasteiger partial charge < -0.3 is 4.74 Å². The molecule has 4 nitrogen and oxygen atoms in total. The molecule has 0 radical (unpaired) electrons. The van der Waals surface area contributed by atoms with Gasteiger partial charge >= 0.3 is 0 Å². The summed E-state index contributed by atoms with van der Waals surface area (Å²) in [4.78, 5) is 4.91. The van der Waals surface area contributed by atoms with Crippen molar-refractivity contribution in [1.82, 2.24) is 14.8 Å². The second-order valence-corrected chi connectivity index (χ2v) is 9.56. The van der Waals surface area contributed by atoms with E-state index in [0.717, 1.165) is 39.0 Å². The van der Waals surface area contributed by atoms with E-state index in [0.29, 0.717) is 5.75 Å². The van der Waals surface area contributed by atoms with Gasteiger partial charge in [0.15, 0.2) is 0 Å². The van der Waals surface area contributed by atoms with Crippen LogP contribution in [0.2, 0.25) is 0 Å². The fourth-order valence-electron chi connectivity index (χ4n) is 5.44. The zero-order valence-corrected chi connectivity index (χ0v) is 21.8. The third-order valence-electron chi connectivity index (χ3n) is 7.48. The second-order valence-electron chi connectivity index (χ2n) is 9.56. The first-order valence-electron chi connectivity index (χ1n) is 12.8. The zero-order chi connectivity index (χ0) is 26.1. The molecule has 0 aliphatic rings. The van der Waals surface area contributed by atoms with Crippen LogP contribution in [0.1, 0.15) is 27.8 Å². The van der Waals surface area contributed by atoms with Gasteiger partial charge in [-0.1, -0.05) is 109 Å². The molecule has 6 rings (SSSR count). The maximum atomic E-state index is 5.66. The van der Waals surface area contributed by atoms with Crippen molar-refractivity contribution in [2.24, 2.45) is 0 Å². The molecule has 2 aromatic heterocycles. The largest absolute Gasteiger partial charge is 0.495 e. The Morgan fingerprint density at radius 2 is 1.24 bits per heavy atom. The second kappa shape index (κ2) is 9.64. The molecule has 0 aliphatic heterocycles. The number of fused-ring (bicyclic) bond motifs is 1. The Balaban J connectivity index is 1.82. The third kappa shape index (κ3) is 3.69. The van der Waals surface area contributed by atoms with Gasteiger partial charge in [-0.2, -0.15) is 5.10 Å². The van der Waals surface area contributed by atoms with Crippen molar-refractivity contribution in [1.29, 1.82) is 0 Å². The standard InChI is InChI=1S/C34H29N3O/c1-24-14-13-21-30(25(24)2)32-33-31(22-29(38-3)23-35-33)37(36-32)34(26-15-7-4-8-16-26,27-17-9-5-10-18-27)28-19-11-6-12-20-28/h4-23H,1-3H3. The average molecular weight is 496 g/mol. The van der Waals surface area contributed by atoms with E-state index in [1.807, 2.05) is 6.07 Å². The van der Waals surface area contributed by atoms with Crippen molar-refractivity contribution in [3.05, 3.63) is 149 Å². The van der Waals surface area contributed by atoms with E-state index >= 15 is 0 Å². The minimum absolute atomic E-state index is 0.689. The topological polar surface area (TPSA) is 39.9 Å². The molecule has 0 fully saturated rings. The van der Waals surface area contributed by atoms with E-state index in [2.05, 4.69) is 128 Å². The number of hydrogen-bond donors (Lipinski definition) is 0. The van der Waals surface area contributed by atoms with Gasteiger partial charge in [-0.3, -0.25) is 0 Å². The van der Waals surface area contributed by atoms with E-state index in [-0.39, 0.29) is 0 Å². The Labute approximate surface area is 223 Å². The lowest BCUT2D eigenvalue weighted by molar-refractivity contribution is 0.412. The molecule has 0 bridgehead atoms. The van der Waals surface area contributed by atoms with Gasteiger partial charge in [-0.05, 0) is 41.7 Å². The van der Waals surface area contributed by atoms with Gasteiger partial charge in [0, 0.05) is 11.6 Å². The lowest BCUT2D eigenvalue weighted by Gasteiger charge is -2.37. The molecule has 4 aromatic carbocycles. The lowest BCUT2D eigenvalue weighted by Crippen LogP contribution is -2.38. The molecular weight excluding hydrogens is 466 g/mol. The van der Waals surface area contributed by atoms with Gasteiger partial charge in [0.25, 0.3) is 0 Å². The predicted octanol–water partition coefficient (Wildman–Crippen LogP) is 7.56. The van der Waals surface area contributed by atoms with E-state index in [4.69, 9.17) is 14.8 Å². The van der Waals surface area contributed by atoms with Crippen LogP contribution in [-0.2, 0) is 5.54 Å². The number of aryl methyl sites for hydroxylation is 1. The van der Waals surface area contributed by atoms with Gasteiger partial charge in [0.2, 0.25) is 0 Å². The quantitative estimate of drug-likeness (QED) is 0.224. The summed E-state index contributed by atoms with van der Waals surface area (Å²) in [5, 5.41) is 5.44. The normalized spacial score (nSPS) is 11.6. The van der Waals surface area contributed by atoms with Crippen LogP contribution in [0.15, 0.2) is 121 Å². The molecule has 4 heteroatoms. The summed E-state index contributed by atoms with van der Waals surface area (Å²) in [6.45, 7) is 4.29. The highest BCUT2D eigenvalue weighted by atomic mass is 16.5. The van der Waals surface area contributed by atoms with Gasteiger partial charge in [-0.15, -0.1) is 0 Å². The number of aromatic nitrogens is 3. The highest BCUT2D eigenvalue weighted by Gasteiger charge is 2.41. The molecule has 0 N–H and O–H groups in total. The highest BCUT2D eigenvalue weighted by Crippen LogP contribution is 2.44. The van der Waals surface area contributed by atoms with Crippen molar-refractivity contribution >= 4 is 11.0 Å². The van der Waals surface area contributed by atoms with Crippen LogP contribution in [0.25, 0.3) is 22.3 Å². The Morgan fingerprint density at radius 3 is 1.76 bits per heavy atom. The Morgan fingerprint density at radius 1 is 0.684 bits per heavy atom. The summed E-state index contributed by atoms with van der Waals surface area (Å²) < 4.78 is 7.81. The minimum atomic E-state index is -0.758. The molecule has 0 saturated carbocycles. The van der Waals surface area contributed by atoms with Crippen LogP contribution in [0.4, 0.5) is 0 Å². The van der Waals surface area contributed by atoms with Crippen molar-refractivity contribution in [3.63, 3.8) is 0 Å². The van der Waals surface area contributed by atoms with Crippen molar-refractivity contribution < 1.29 is 4.74 Å². The number of hydrogen-bond acceptors (Lipinski definition) is 3. The van der Waals surface area contributed by atoms with Gasteiger partial charge in [0.05, 0.1) is 18.8 Å². The van der Waals surface area contributed by atoms with E-state index in [1.165, 1.54) is 11.1 Å². The van der Waals surface area contributed by atoms with Crippen molar-refractivity contribution in [3.8, 4) is 17.0 Å². The first kappa shape index (κ1) is 23.7. The molecule has 0 atom stereocenters. The maximum Gasteiger partial charge on any atom is 0.139 e. The monoisotopic (exact) mass is 495 g/mol. The number of methoxy groups -OCH3 is 1. The summed E-state index contributed by atoms with van der Waals surface area (Å²) in [6.07, 6.45) is 1.78. The number of pyridine rings is 1. The van der Waals surface area contributed by atoms with Crippen LogP contribution in [-0.4, -0.2) is 21.9 Å². The van der Waals surface area contributed by atoms with Crippen LogP contribution < -0.4 is 4.74 Å². The molecule has 0 saturated heterocycles. The molecule has 186 valence electrons. The summed E-state index contributed by atoms with van der Waals surface area (Å²) in [7, 11) is 1.67. The molecule has 38 heavy (non-hydrogen) atoms. The number of benzene rings is 4. The molecule has 0 aliphatic carbocycles. The molecule has 0 unspecified atom stereocenters. The predicted molar refractivity (Wildman–Crippen MR) is 154 cm³/mol. The molecular formula is C34H29N3O. The lowest BCUT2D eigenvalue weighted by atomic mass is 9.77. The highest BCUT2D eigenvalue weighted by molar-refractivity contribution is 5.92. The van der Waals surface area contributed by atoms with E-state index in [9.17, 15) is 0 Å². The summed E-state index contributed by atoms with van der Waals surface area (Å²) in [5.74, 6) is 0.689. The van der Waals surface area contributed by atoms with Crippen molar-refractivity contribution in [2.75, 3.05) is 7.11 Å². The number of nitrogens with zero attached hydrogens (tertiary/aromatic N) is 3. The number of rotatable bonds is 6. The SMILES string of the molecule is COc1cnc2c(-c3cccc(C)c3C)nn(C(c3ccccc3)(c3ccccc3)c3ccccc3)c2c1. The van der Waals surface area contributed by atoms with Gasteiger partial charge in [0.1, 0.15) is 22.5 Å². The molecule has 2 heterocycles. The van der Waals surface area contributed by atoms with Crippen LogP contribution in [0, 0.1) is 13.8 Å². The molecule has 6 aromatic rings. The summed E-state index contributed by atoms with van der Waals surface area (Å²) in [6, 6.07) is 40.2. The summed E-state index contributed by atoms with van der Waals surface area (Å²) >= 11 is 0. The van der Waals surface area contributed by atoms with E-state index in [1.54, 1.807) is 13.3 Å². The summed E-state index contributed by atoms with van der Waals surface area (Å²) in [5.41, 5.74) is 8.66. The zero-order valence-electron chi connectivity index (χ0n) is 21.8. The Kier molecular flexibility index (Phi) is 6.01. The third-order valence-corrected chi connectivity index (χ3v) is 7.48. The van der Waals surface area contributed by atoms with Gasteiger partial charge in [-0.25, -0.2) is 9.67 Å². The molecule has 0 spiro atoms. The van der Waals surface area contributed by atoms with Crippen LogP contribution >= 0.6 is 0 Å². The maximum absolute atomic E-state index is 5.66. The average Bonchev–Trinajstić information content (AvgIpc) is 3.35.